The maximum Gasteiger partial charge on any atom is 2.00 e. The van der Waals surface area contributed by atoms with E-state index in [0.717, 1.165) is 0 Å². The van der Waals surface area contributed by atoms with Gasteiger partial charge in [-0.2, -0.15) is 13.2 Å². The summed E-state index contributed by atoms with van der Waals surface area (Å²) in [5, 5.41) is 7.12. The average Bonchev–Trinajstić information content (AvgIpc) is 1.31. The van der Waals surface area contributed by atoms with Crippen molar-refractivity contribution in [1.29, 1.82) is 0 Å². The van der Waals surface area contributed by atoms with E-state index in [1.54, 1.807) is 0 Å². The Morgan fingerprint density at radius 1 is 1.38 bits per heavy atom. The molecule has 8 heavy (non-hydrogen) atoms. The van der Waals surface area contributed by atoms with E-state index in [1.807, 2.05) is 0 Å². The van der Waals surface area contributed by atoms with Crippen LogP contribution in [-0.4, -0.2) is 17.3 Å². The van der Waals surface area contributed by atoms with E-state index in [4.69, 9.17) is 9.90 Å². The van der Waals surface area contributed by atoms with Crippen molar-refractivity contribution < 1.29 is 42.6 Å². The first-order valence-electron chi connectivity index (χ1n) is 1.24. The first-order chi connectivity index (χ1) is 2.94. The molecule has 0 aliphatic carbocycles. The summed E-state index contributed by atoms with van der Waals surface area (Å²) in [6.07, 6.45) is -5.08. The van der Waals surface area contributed by atoms with Gasteiger partial charge in [0.1, 0.15) is 0 Å². The van der Waals surface area contributed by atoms with Crippen LogP contribution in [0.4, 0.5) is 13.2 Å². The predicted molar refractivity (Wildman–Crippen MR) is 13.7 cm³/mol. The van der Waals surface area contributed by atoms with Crippen molar-refractivity contribution in [2.75, 3.05) is 0 Å². The molecule has 0 saturated heterocycles. The molecule has 0 spiro atoms. The van der Waals surface area contributed by atoms with Crippen molar-refractivity contribution in [3.8, 4) is 0 Å². The summed E-state index contributed by atoms with van der Waals surface area (Å²) in [6.45, 7) is 0. The molecule has 0 aliphatic heterocycles. The van der Waals surface area contributed by atoms with E-state index in [-0.39, 0.29) is 19.5 Å². The molecule has 0 unspecified atom stereocenters. The standard InChI is InChI=1S/C2HF3O2.Zn/c3-2(4,5)1(6)7;/h(H,6,7);/q;+2. The quantitative estimate of drug-likeness (QED) is 0.554. The Kier molecular flexibility index (Phi) is 4.07. The second-order valence-electron chi connectivity index (χ2n) is 0.803. The number of carboxylic acids is 1. The van der Waals surface area contributed by atoms with E-state index >= 15 is 0 Å². The Morgan fingerprint density at radius 2 is 1.50 bits per heavy atom. The van der Waals surface area contributed by atoms with Gasteiger partial charge in [0.05, 0.1) is 0 Å². The van der Waals surface area contributed by atoms with Crippen molar-refractivity contribution >= 4 is 5.97 Å². The van der Waals surface area contributed by atoms with Gasteiger partial charge in [-0.05, 0) is 0 Å². The van der Waals surface area contributed by atoms with E-state index in [0.29, 0.717) is 0 Å². The number of aliphatic carboxylic acids is 1. The van der Waals surface area contributed by atoms with Crippen LogP contribution < -0.4 is 0 Å². The minimum atomic E-state index is -5.08. The van der Waals surface area contributed by atoms with Crippen LogP contribution in [0.3, 0.4) is 0 Å². The van der Waals surface area contributed by atoms with Crippen molar-refractivity contribution in [2.45, 2.75) is 6.18 Å². The molecule has 0 aromatic rings. The van der Waals surface area contributed by atoms with Crippen LogP contribution in [0.25, 0.3) is 0 Å². The molecule has 0 atom stereocenters. The van der Waals surface area contributed by atoms with Crippen LogP contribution in [0.15, 0.2) is 0 Å². The van der Waals surface area contributed by atoms with E-state index < -0.39 is 12.1 Å². The molecular formula is C2HF3O2Zn+2. The van der Waals surface area contributed by atoms with E-state index in [1.165, 1.54) is 0 Å². The predicted octanol–water partition coefficient (Wildman–Crippen LogP) is 0.631. The van der Waals surface area contributed by atoms with Crippen LogP contribution >= 0.6 is 0 Å². The Labute approximate surface area is 55.4 Å². The van der Waals surface area contributed by atoms with Crippen LogP contribution in [0.2, 0.25) is 0 Å². The molecule has 1 N–H and O–H groups in total. The summed E-state index contributed by atoms with van der Waals surface area (Å²) in [5.41, 5.74) is 0. The average molecular weight is 179 g/mol. The van der Waals surface area contributed by atoms with Gasteiger partial charge in [-0.15, -0.1) is 0 Å². The largest absolute Gasteiger partial charge is 2.00 e. The van der Waals surface area contributed by atoms with Crippen LogP contribution in [0.5, 0.6) is 0 Å². The number of alkyl halides is 3. The zero-order valence-corrected chi connectivity index (χ0v) is 6.66. The third-order valence-corrected chi connectivity index (χ3v) is 0.243. The maximum absolute atomic E-state index is 10.6. The summed E-state index contributed by atoms with van der Waals surface area (Å²) in [6, 6.07) is 0. The minimum Gasteiger partial charge on any atom is -0.475 e. The van der Waals surface area contributed by atoms with Crippen LogP contribution in [-0.2, 0) is 24.3 Å². The van der Waals surface area contributed by atoms with Crippen molar-refractivity contribution in [1.82, 2.24) is 0 Å². The van der Waals surface area contributed by atoms with E-state index in [2.05, 4.69) is 0 Å². The van der Waals surface area contributed by atoms with Gasteiger partial charge in [-0.1, -0.05) is 0 Å². The molecule has 2 nitrogen and oxygen atoms in total. The van der Waals surface area contributed by atoms with Crippen LogP contribution in [0.1, 0.15) is 0 Å². The molecule has 0 aliphatic rings. The first-order valence-corrected chi connectivity index (χ1v) is 1.24. The second-order valence-corrected chi connectivity index (χ2v) is 0.803. The first kappa shape index (κ1) is 10.8. The number of hydrogen-bond acceptors (Lipinski definition) is 1. The molecular weight excluding hydrogens is 178 g/mol. The number of carboxylic acid groups (broad SMARTS) is 1. The second kappa shape index (κ2) is 3.02. The number of hydrogen-bond donors (Lipinski definition) is 1. The van der Waals surface area contributed by atoms with Gasteiger partial charge in [0.2, 0.25) is 0 Å². The van der Waals surface area contributed by atoms with Gasteiger partial charge < -0.3 is 5.11 Å². The monoisotopic (exact) mass is 178 g/mol. The molecule has 0 radical (unpaired) electrons. The SMILES string of the molecule is O=C(O)C(F)(F)F.[Zn+2]. The van der Waals surface area contributed by atoms with Gasteiger partial charge in [-0.3, -0.25) is 0 Å². The zero-order valence-electron chi connectivity index (χ0n) is 3.70. The summed E-state index contributed by atoms with van der Waals surface area (Å²) < 4.78 is 31.7. The fourth-order valence-corrected chi connectivity index (χ4v) is 0. The van der Waals surface area contributed by atoms with Gasteiger partial charge in [0, 0.05) is 0 Å². The Bertz CT molecular complexity index is 87.8. The molecule has 42 valence electrons. The maximum atomic E-state index is 10.6. The van der Waals surface area contributed by atoms with Crippen molar-refractivity contribution in [2.24, 2.45) is 0 Å². The zero-order chi connectivity index (χ0) is 6.08. The Hall–Kier alpha value is -0.117. The van der Waals surface area contributed by atoms with Crippen LogP contribution in [0, 0.1) is 0 Å². The molecule has 0 aromatic carbocycles. The van der Waals surface area contributed by atoms with Crippen molar-refractivity contribution in [3.05, 3.63) is 0 Å². The van der Waals surface area contributed by atoms with Gasteiger partial charge in [0.25, 0.3) is 0 Å². The fourth-order valence-electron chi connectivity index (χ4n) is 0. The molecule has 0 aromatic heterocycles. The summed E-state index contributed by atoms with van der Waals surface area (Å²) >= 11 is 0. The summed E-state index contributed by atoms with van der Waals surface area (Å²) in [5.74, 6) is -2.76. The topological polar surface area (TPSA) is 37.3 Å². The fraction of sp³-hybridized carbons (Fsp3) is 0.500. The van der Waals surface area contributed by atoms with E-state index in [9.17, 15) is 13.2 Å². The normalized spacial score (nSPS) is 9.88. The molecule has 0 rings (SSSR count). The number of carbonyl (C=O) groups is 1. The van der Waals surface area contributed by atoms with Gasteiger partial charge in [-0.25, -0.2) is 4.79 Å². The molecule has 0 fully saturated rings. The summed E-state index contributed by atoms with van der Waals surface area (Å²) in [7, 11) is 0. The molecule has 0 amide bonds. The summed E-state index contributed by atoms with van der Waals surface area (Å²) in [4.78, 5) is 8.90. The van der Waals surface area contributed by atoms with Gasteiger partial charge in [0.15, 0.2) is 0 Å². The molecule has 0 heterocycles. The third kappa shape index (κ3) is 4.05. The molecule has 6 heteroatoms. The molecule has 0 bridgehead atoms. The van der Waals surface area contributed by atoms with Crippen molar-refractivity contribution in [3.63, 3.8) is 0 Å². The van der Waals surface area contributed by atoms with Gasteiger partial charge >= 0.3 is 31.6 Å². The Morgan fingerprint density at radius 3 is 1.50 bits per heavy atom. The molecule has 0 saturated carbocycles. The third-order valence-electron chi connectivity index (χ3n) is 0.243. The smallest absolute Gasteiger partial charge is 0.475 e. The minimum absolute atomic E-state index is 0. The Balaban J connectivity index is 0. The number of halogens is 3. The number of rotatable bonds is 0.